The Kier molecular flexibility index (Phi) is 4.42. The van der Waals surface area contributed by atoms with Gasteiger partial charge in [-0.05, 0) is 6.07 Å². The first-order valence-corrected chi connectivity index (χ1v) is 8.74. The van der Waals surface area contributed by atoms with E-state index in [1.807, 2.05) is 38.1 Å². The van der Waals surface area contributed by atoms with Gasteiger partial charge in [0, 0.05) is 17.8 Å². The Morgan fingerprint density at radius 1 is 1.31 bits per heavy atom. The fourth-order valence-corrected chi connectivity index (χ4v) is 3.09. The van der Waals surface area contributed by atoms with Crippen molar-refractivity contribution >= 4 is 16.8 Å². The molecule has 0 saturated carbocycles. The Bertz CT molecular complexity index is 916. The number of ether oxygens (including phenoxy) is 1. The summed E-state index contributed by atoms with van der Waals surface area (Å²) >= 11 is 0. The number of fused-ring (bicyclic) bond motifs is 1. The van der Waals surface area contributed by atoms with Gasteiger partial charge in [0.05, 0.1) is 24.9 Å². The number of para-hydroxylation sites is 1. The van der Waals surface area contributed by atoms with Crippen LogP contribution in [0.1, 0.15) is 37.6 Å². The van der Waals surface area contributed by atoms with Crippen LogP contribution in [0.3, 0.4) is 0 Å². The maximum atomic E-state index is 13.0. The highest BCUT2D eigenvalue weighted by Crippen LogP contribution is 2.25. The van der Waals surface area contributed by atoms with E-state index in [0.717, 1.165) is 10.9 Å². The van der Waals surface area contributed by atoms with Crippen LogP contribution in [0, 0.1) is 0 Å². The fourth-order valence-electron chi connectivity index (χ4n) is 3.09. The van der Waals surface area contributed by atoms with Gasteiger partial charge >= 0.3 is 0 Å². The van der Waals surface area contributed by atoms with E-state index in [1.54, 1.807) is 15.8 Å². The maximum Gasteiger partial charge on any atom is 0.245 e. The Hall–Kier alpha value is -2.74. The first-order valence-electron chi connectivity index (χ1n) is 8.74. The minimum atomic E-state index is -0.363. The number of morpholine rings is 1. The molecule has 0 spiro atoms. The molecule has 26 heavy (non-hydrogen) atoms. The lowest BCUT2D eigenvalue weighted by Crippen LogP contribution is -2.45. The molecule has 0 bridgehead atoms. The molecule has 1 amide bonds. The molecule has 1 aromatic carbocycles. The third-order valence-corrected chi connectivity index (χ3v) is 4.52. The molecule has 8 heteroatoms. The zero-order valence-corrected chi connectivity index (χ0v) is 14.8. The highest BCUT2D eigenvalue weighted by Gasteiger charge is 2.33. The molecule has 1 aliphatic heterocycles. The average Bonchev–Trinajstić information content (AvgIpc) is 3.30. The van der Waals surface area contributed by atoms with Crippen molar-refractivity contribution in [2.45, 2.75) is 32.4 Å². The van der Waals surface area contributed by atoms with Crippen molar-refractivity contribution in [3.63, 3.8) is 0 Å². The lowest BCUT2D eigenvalue weighted by atomic mass is 10.2. The van der Waals surface area contributed by atoms with Crippen molar-refractivity contribution in [1.29, 1.82) is 0 Å². The second-order valence-corrected chi connectivity index (χ2v) is 6.67. The van der Waals surface area contributed by atoms with Crippen molar-refractivity contribution in [2.24, 2.45) is 0 Å². The summed E-state index contributed by atoms with van der Waals surface area (Å²) in [6, 6.07) is 7.47. The number of hydrogen-bond acceptors (Lipinski definition) is 6. The molecule has 136 valence electrons. The first kappa shape index (κ1) is 16.7. The van der Waals surface area contributed by atoms with Gasteiger partial charge in [0.2, 0.25) is 17.7 Å². The number of carbonyl (C=O) groups is 1. The number of rotatable bonds is 4. The van der Waals surface area contributed by atoms with E-state index < -0.39 is 0 Å². The zero-order valence-electron chi connectivity index (χ0n) is 14.8. The van der Waals surface area contributed by atoms with E-state index in [-0.39, 0.29) is 24.4 Å². The second-order valence-electron chi connectivity index (χ2n) is 6.67. The lowest BCUT2D eigenvalue weighted by Gasteiger charge is -2.33. The molecule has 0 aliphatic carbocycles. The zero-order chi connectivity index (χ0) is 18.1. The van der Waals surface area contributed by atoms with Gasteiger partial charge in [0.15, 0.2) is 0 Å². The van der Waals surface area contributed by atoms with Crippen molar-refractivity contribution in [1.82, 2.24) is 24.9 Å². The minimum absolute atomic E-state index is 0.0450. The summed E-state index contributed by atoms with van der Waals surface area (Å²) in [4.78, 5) is 14.7. The molecule has 1 fully saturated rings. The molecular weight excluding hydrogens is 334 g/mol. The predicted octanol–water partition coefficient (Wildman–Crippen LogP) is 2.14. The molecule has 0 N–H and O–H groups in total. The summed E-state index contributed by atoms with van der Waals surface area (Å²) in [6.07, 6.45) is 1.77. The summed E-state index contributed by atoms with van der Waals surface area (Å²) in [6.45, 7) is 5.47. The molecule has 1 aliphatic rings. The number of nitrogens with zero attached hydrogens (tertiary/aromatic N) is 5. The summed E-state index contributed by atoms with van der Waals surface area (Å²) < 4.78 is 13.0. The largest absolute Gasteiger partial charge is 0.423 e. The van der Waals surface area contributed by atoms with E-state index in [9.17, 15) is 4.79 Å². The quantitative estimate of drug-likeness (QED) is 0.713. The summed E-state index contributed by atoms with van der Waals surface area (Å²) in [5, 5.41) is 13.6. The van der Waals surface area contributed by atoms with E-state index in [2.05, 4.69) is 15.3 Å². The van der Waals surface area contributed by atoms with Gasteiger partial charge in [-0.15, -0.1) is 10.2 Å². The van der Waals surface area contributed by atoms with Gasteiger partial charge in [0.25, 0.3) is 0 Å². The molecular formula is C18H21N5O3. The second kappa shape index (κ2) is 6.87. The molecule has 3 heterocycles. The van der Waals surface area contributed by atoms with E-state index in [0.29, 0.717) is 31.5 Å². The summed E-state index contributed by atoms with van der Waals surface area (Å²) in [5.74, 6) is 1.08. The summed E-state index contributed by atoms with van der Waals surface area (Å²) in [7, 11) is 0. The van der Waals surface area contributed by atoms with Crippen LogP contribution >= 0.6 is 0 Å². The van der Waals surface area contributed by atoms with Crippen molar-refractivity contribution < 1.29 is 13.9 Å². The Morgan fingerprint density at radius 3 is 2.96 bits per heavy atom. The van der Waals surface area contributed by atoms with Crippen LogP contribution in [-0.2, 0) is 16.1 Å². The van der Waals surface area contributed by atoms with Crippen LogP contribution in [0.5, 0.6) is 0 Å². The summed E-state index contributed by atoms with van der Waals surface area (Å²) in [5.41, 5.74) is 0.936. The van der Waals surface area contributed by atoms with Crippen LogP contribution < -0.4 is 0 Å². The Balaban J connectivity index is 1.56. The SMILES string of the molecule is CC(C)c1nnc(C2COCCN2C(=O)Cn2ncc3ccccc32)o1. The maximum absolute atomic E-state index is 13.0. The normalized spacial score (nSPS) is 18.0. The van der Waals surface area contributed by atoms with Crippen molar-refractivity contribution in [3.8, 4) is 0 Å². The predicted molar refractivity (Wildman–Crippen MR) is 93.4 cm³/mol. The standard InChI is InChI=1S/C18H21N5O3/c1-12(2)17-20-21-18(26-17)15-11-25-8-7-22(15)16(24)10-23-14-6-4-3-5-13(14)9-19-23/h3-6,9,12,15H,7-8,10-11H2,1-2H3. The van der Waals surface area contributed by atoms with Gasteiger partial charge < -0.3 is 14.1 Å². The molecule has 8 nitrogen and oxygen atoms in total. The van der Waals surface area contributed by atoms with E-state index >= 15 is 0 Å². The Labute approximate surface area is 150 Å². The third-order valence-electron chi connectivity index (χ3n) is 4.52. The van der Waals surface area contributed by atoms with Crippen LogP contribution in [0.25, 0.3) is 10.9 Å². The van der Waals surface area contributed by atoms with Crippen LogP contribution in [0.2, 0.25) is 0 Å². The molecule has 1 atom stereocenters. The molecule has 1 unspecified atom stereocenters. The topological polar surface area (TPSA) is 86.3 Å². The van der Waals surface area contributed by atoms with Gasteiger partial charge in [-0.25, -0.2) is 0 Å². The van der Waals surface area contributed by atoms with E-state index in [1.165, 1.54) is 0 Å². The van der Waals surface area contributed by atoms with Crippen LogP contribution in [-0.4, -0.2) is 50.5 Å². The number of carbonyl (C=O) groups excluding carboxylic acids is 1. The smallest absolute Gasteiger partial charge is 0.245 e. The van der Waals surface area contributed by atoms with Crippen LogP contribution in [0.4, 0.5) is 0 Å². The third kappa shape index (κ3) is 3.08. The van der Waals surface area contributed by atoms with Crippen molar-refractivity contribution in [2.75, 3.05) is 19.8 Å². The lowest BCUT2D eigenvalue weighted by molar-refractivity contribution is -0.142. The highest BCUT2D eigenvalue weighted by molar-refractivity contribution is 5.82. The number of benzene rings is 1. The first-order chi connectivity index (χ1) is 12.6. The van der Waals surface area contributed by atoms with Gasteiger partial charge in [-0.1, -0.05) is 32.0 Å². The number of amides is 1. The molecule has 3 aromatic rings. The van der Waals surface area contributed by atoms with Crippen LogP contribution in [0.15, 0.2) is 34.9 Å². The molecule has 4 rings (SSSR count). The van der Waals surface area contributed by atoms with Gasteiger partial charge in [-0.3, -0.25) is 9.48 Å². The Morgan fingerprint density at radius 2 is 2.15 bits per heavy atom. The fraction of sp³-hybridized carbons (Fsp3) is 0.444. The molecule has 2 aromatic heterocycles. The van der Waals surface area contributed by atoms with E-state index in [4.69, 9.17) is 9.15 Å². The molecule has 0 radical (unpaired) electrons. The monoisotopic (exact) mass is 355 g/mol. The highest BCUT2D eigenvalue weighted by atomic mass is 16.5. The average molecular weight is 355 g/mol. The van der Waals surface area contributed by atoms with Gasteiger partial charge in [-0.2, -0.15) is 5.10 Å². The minimum Gasteiger partial charge on any atom is -0.423 e. The van der Waals surface area contributed by atoms with Crippen molar-refractivity contribution in [3.05, 3.63) is 42.2 Å². The number of aromatic nitrogens is 4. The van der Waals surface area contributed by atoms with Gasteiger partial charge in [0.1, 0.15) is 12.6 Å². The molecule has 1 saturated heterocycles. The number of hydrogen-bond donors (Lipinski definition) is 0.